The molecule has 2 rings (SSSR count). The molecule has 0 bridgehead atoms. The molecule has 0 spiro atoms. The minimum absolute atomic E-state index is 0. The Hall–Kier alpha value is -0.550. The fourth-order valence-electron chi connectivity index (χ4n) is 3.19. The molecule has 0 aromatic carbocycles. The van der Waals surface area contributed by atoms with Gasteiger partial charge in [-0.15, -0.1) is 24.8 Å². The number of likely N-dealkylation sites (tertiary alicyclic amines) is 1. The van der Waals surface area contributed by atoms with Crippen LogP contribution in [-0.2, 0) is 6.54 Å². The van der Waals surface area contributed by atoms with Crippen molar-refractivity contribution in [3.63, 3.8) is 0 Å². The third-order valence-corrected chi connectivity index (χ3v) is 4.22. The molecule has 1 aromatic heterocycles. The summed E-state index contributed by atoms with van der Waals surface area (Å²) >= 11 is 0. The van der Waals surface area contributed by atoms with Gasteiger partial charge in [-0.3, -0.25) is 9.88 Å². The van der Waals surface area contributed by atoms with Crippen LogP contribution < -0.4 is 10.1 Å². The maximum Gasteiger partial charge on any atom is 0.128 e. The van der Waals surface area contributed by atoms with E-state index in [9.17, 15) is 0 Å². The van der Waals surface area contributed by atoms with Crippen molar-refractivity contribution in [2.45, 2.75) is 33.2 Å². The first-order chi connectivity index (χ1) is 9.65. The Bertz CT molecular complexity index is 455. The number of aryl methyl sites for hydroxylation is 1. The lowest BCUT2D eigenvalue weighted by Crippen LogP contribution is -2.38. The summed E-state index contributed by atoms with van der Waals surface area (Å²) in [6.45, 7) is 8.55. The summed E-state index contributed by atoms with van der Waals surface area (Å²) < 4.78 is 5.50. The number of hydrogen-bond acceptors (Lipinski definition) is 4. The van der Waals surface area contributed by atoms with Crippen LogP contribution in [0.5, 0.6) is 5.75 Å². The lowest BCUT2D eigenvalue weighted by Gasteiger charge is -2.32. The van der Waals surface area contributed by atoms with E-state index in [4.69, 9.17) is 4.74 Å². The second-order valence-corrected chi connectivity index (χ2v) is 5.85. The highest BCUT2D eigenvalue weighted by Gasteiger charge is 2.21. The molecular formula is C16H29Cl2N3O. The van der Waals surface area contributed by atoms with E-state index >= 15 is 0 Å². The van der Waals surface area contributed by atoms with E-state index in [0.29, 0.717) is 0 Å². The van der Waals surface area contributed by atoms with Gasteiger partial charge in [-0.25, -0.2) is 0 Å². The zero-order chi connectivity index (χ0) is 14.5. The van der Waals surface area contributed by atoms with E-state index in [1.54, 1.807) is 7.11 Å². The summed E-state index contributed by atoms with van der Waals surface area (Å²) in [5, 5.41) is 3.30. The van der Waals surface area contributed by atoms with Crippen molar-refractivity contribution in [3.05, 3.63) is 23.0 Å². The van der Waals surface area contributed by atoms with Crippen LogP contribution >= 0.6 is 24.8 Å². The average Bonchev–Trinajstić information content (AvgIpc) is 2.43. The minimum atomic E-state index is 0. The molecule has 4 nitrogen and oxygen atoms in total. The van der Waals surface area contributed by atoms with E-state index in [1.165, 1.54) is 24.9 Å². The van der Waals surface area contributed by atoms with Crippen molar-refractivity contribution in [2.24, 2.45) is 5.92 Å². The van der Waals surface area contributed by atoms with Crippen LogP contribution in [0.4, 0.5) is 0 Å². The SMILES string of the molecule is CNCC1CCCN(Cc2ncc(C)c(OC)c2C)C1.Cl.Cl. The summed E-state index contributed by atoms with van der Waals surface area (Å²) in [6, 6.07) is 0. The fraction of sp³-hybridized carbons (Fsp3) is 0.688. The molecule has 128 valence electrons. The molecule has 0 aliphatic carbocycles. The topological polar surface area (TPSA) is 37.4 Å². The van der Waals surface area contributed by atoms with E-state index in [0.717, 1.165) is 42.6 Å². The van der Waals surface area contributed by atoms with Crippen LogP contribution in [0.3, 0.4) is 0 Å². The number of piperidine rings is 1. The number of halogens is 2. The Morgan fingerprint density at radius 2 is 2.09 bits per heavy atom. The first-order valence-electron chi connectivity index (χ1n) is 7.51. The Balaban J connectivity index is 0.00000220. The van der Waals surface area contributed by atoms with Gasteiger partial charge in [0.15, 0.2) is 0 Å². The highest BCUT2D eigenvalue weighted by atomic mass is 35.5. The first-order valence-corrected chi connectivity index (χ1v) is 7.51. The van der Waals surface area contributed by atoms with Gasteiger partial charge < -0.3 is 10.1 Å². The van der Waals surface area contributed by atoms with Crippen molar-refractivity contribution in [3.8, 4) is 5.75 Å². The summed E-state index contributed by atoms with van der Waals surface area (Å²) in [5.74, 6) is 1.75. The van der Waals surface area contributed by atoms with Crippen LogP contribution in [0.15, 0.2) is 6.20 Å². The predicted octanol–water partition coefficient (Wildman–Crippen LogP) is 2.98. The molecule has 1 aliphatic heterocycles. The quantitative estimate of drug-likeness (QED) is 0.886. The molecule has 22 heavy (non-hydrogen) atoms. The number of hydrogen-bond donors (Lipinski definition) is 1. The van der Waals surface area contributed by atoms with Crippen LogP contribution in [0.2, 0.25) is 0 Å². The lowest BCUT2D eigenvalue weighted by molar-refractivity contribution is 0.164. The Morgan fingerprint density at radius 3 is 2.73 bits per heavy atom. The molecule has 1 aromatic rings. The first kappa shape index (κ1) is 21.4. The number of methoxy groups -OCH3 is 1. The highest BCUT2D eigenvalue weighted by molar-refractivity contribution is 5.85. The van der Waals surface area contributed by atoms with Crippen molar-refractivity contribution in [1.82, 2.24) is 15.2 Å². The van der Waals surface area contributed by atoms with Crippen LogP contribution in [0.1, 0.15) is 29.7 Å². The van der Waals surface area contributed by atoms with E-state index in [2.05, 4.69) is 22.1 Å². The largest absolute Gasteiger partial charge is 0.496 e. The average molecular weight is 350 g/mol. The number of aromatic nitrogens is 1. The number of nitrogens with one attached hydrogen (secondary N) is 1. The van der Waals surface area contributed by atoms with Crippen molar-refractivity contribution >= 4 is 24.8 Å². The number of pyridine rings is 1. The van der Waals surface area contributed by atoms with Crippen LogP contribution in [0, 0.1) is 19.8 Å². The summed E-state index contributed by atoms with van der Waals surface area (Å²) in [4.78, 5) is 7.14. The second-order valence-electron chi connectivity index (χ2n) is 5.85. The zero-order valence-corrected chi connectivity index (χ0v) is 15.6. The molecular weight excluding hydrogens is 321 g/mol. The predicted molar refractivity (Wildman–Crippen MR) is 96.7 cm³/mol. The van der Waals surface area contributed by atoms with Crippen molar-refractivity contribution in [1.29, 1.82) is 0 Å². The molecule has 1 N–H and O–H groups in total. The van der Waals surface area contributed by atoms with Gasteiger partial charge in [0, 0.05) is 30.4 Å². The second kappa shape index (κ2) is 10.3. The zero-order valence-electron chi connectivity index (χ0n) is 14.0. The van der Waals surface area contributed by atoms with Gasteiger partial charge in [0.2, 0.25) is 0 Å². The van der Waals surface area contributed by atoms with Gasteiger partial charge in [0.05, 0.1) is 12.8 Å². The Kier molecular flexibility index (Phi) is 10.0. The molecule has 1 saturated heterocycles. The van der Waals surface area contributed by atoms with Gasteiger partial charge in [-0.1, -0.05) is 0 Å². The van der Waals surface area contributed by atoms with E-state index in [-0.39, 0.29) is 24.8 Å². The van der Waals surface area contributed by atoms with Gasteiger partial charge in [0.25, 0.3) is 0 Å². The third kappa shape index (κ3) is 5.27. The molecule has 1 fully saturated rings. The molecule has 0 radical (unpaired) electrons. The van der Waals surface area contributed by atoms with Gasteiger partial charge in [-0.2, -0.15) is 0 Å². The minimum Gasteiger partial charge on any atom is -0.496 e. The molecule has 2 heterocycles. The Morgan fingerprint density at radius 1 is 1.36 bits per heavy atom. The summed E-state index contributed by atoms with van der Waals surface area (Å²) in [5.41, 5.74) is 3.45. The monoisotopic (exact) mass is 349 g/mol. The van der Waals surface area contributed by atoms with Gasteiger partial charge in [-0.05, 0) is 52.7 Å². The van der Waals surface area contributed by atoms with Crippen LogP contribution in [-0.4, -0.2) is 43.7 Å². The van der Waals surface area contributed by atoms with Crippen molar-refractivity contribution < 1.29 is 4.74 Å². The maximum atomic E-state index is 5.50. The number of rotatable bonds is 5. The van der Waals surface area contributed by atoms with E-state index < -0.39 is 0 Å². The standard InChI is InChI=1S/C16H27N3O.2ClH/c1-12-8-18-15(13(2)16(12)20-4)11-19-7-5-6-14(10-19)9-17-3;;/h8,14,17H,5-7,9-11H2,1-4H3;2*1H. The summed E-state index contributed by atoms with van der Waals surface area (Å²) in [7, 11) is 3.78. The molecule has 1 atom stereocenters. The lowest BCUT2D eigenvalue weighted by atomic mass is 9.97. The molecule has 0 saturated carbocycles. The number of ether oxygens (including phenoxy) is 1. The van der Waals surface area contributed by atoms with Crippen molar-refractivity contribution in [2.75, 3.05) is 33.8 Å². The Labute approximate surface area is 146 Å². The fourth-order valence-corrected chi connectivity index (χ4v) is 3.19. The van der Waals surface area contributed by atoms with E-state index in [1.807, 2.05) is 20.2 Å². The molecule has 6 heteroatoms. The smallest absolute Gasteiger partial charge is 0.128 e. The normalized spacial score (nSPS) is 18.3. The molecule has 0 amide bonds. The van der Waals surface area contributed by atoms with Crippen LogP contribution in [0.25, 0.3) is 0 Å². The summed E-state index contributed by atoms with van der Waals surface area (Å²) in [6.07, 6.45) is 4.55. The third-order valence-electron chi connectivity index (χ3n) is 4.22. The van der Waals surface area contributed by atoms with Gasteiger partial charge >= 0.3 is 0 Å². The maximum absolute atomic E-state index is 5.50. The molecule has 1 aliphatic rings. The molecule has 1 unspecified atom stereocenters. The highest BCUT2D eigenvalue weighted by Crippen LogP contribution is 2.26. The van der Waals surface area contributed by atoms with Gasteiger partial charge in [0.1, 0.15) is 5.75 Å². The number of nitrogens with zero attached hydrogens (tertiary/aromatic N) is 2.